The van der Waals surface area contributed by atoms with E-state index in [2.05, 4.69) is 15.6 Å². The molecule has 0 amide bonds. The van der Waals surface area contributed by atoms with Gasteiger partial charge in [-0.25, -0.2) is 4.99 Å². The second-order valence-corrected chi connectivity index (χ2v) is 6.75. The molecule has 28 heavy (non-hydrogen) atoms. The van der Waals surface area contributed by atoms with Crippen LogP contribution in [0.5, 0.6) is 0 Å². The Bertz CT molecular complexity index is 798. The van der Waals surface area contributed by atoms with Gasteiger partial charge < -0.3 is 24.7 Å². The highest BCUT2D eigenvalue weighted by Gasteiger charge is 2.26. The largest absolute Gasteiger partial charge is 0.463 e. The molecule has 2 aromatic heterocycles. The first-order valence-electron chi connectivity index (χ1n) is 9.39. The highest BCUT2D eigenvalue weighted by atomic mass is 127. The van der Waals surface area contributed by atoms with Crippen LogP contribution in [0.4, 0.5) is 0 Å². The number of aliphatic hydroxyl groups is 1. The van der Waals surface area contributed by atoms with Gasteiger partial charge in [-0.3, -0.25) is 4.79 Å². The monoisotopic (exact) mass is 502 g/mol. The van der Waals surface area contributed by atoms with Crippen LogP contribution in [0.15, 0.2) is 50.7 Å². The van der Waals surface area contributed by atoms with Gasteiger partial charge in [-0.15, -0.1) is 24.0 Å². The fourth-order valence-electron chi connectivity index (χ4n) is 2.64. The Labute approximate surface area is 183 Å². The Balaban J connectivity index is 0.00000392. The molecule has 7 nitrogen and oxygen atoms in total. The Hall–Kier alpha value is -1.81. The van der Waals surface area contributed by atoms with Gasteiger partial charge in [0.15, 0.2) is 5.96 Å². The van der Waals surface area contributed by atoms with Gasteiger partial charge in [0.05, 0.1) is 6.54 Å². The number of rotatable bonds is 9. The second-order valence-electron chi connectivity index (χ2n) is 6.75. The topological polar surface area (TPSA) is 91.8 Å². The van der Waals surface area contributed by atoms with Crippen LogP contribution in [0.2, 0.25) is 0 Å². The van der Waals surface area contributed by atoms with Crippen LogP contribution >= 0.6 is 24.0 Å². The van der Waals surface area contributed by atoms with Crippen molar-refractivity contribution in [2.24, 2.45) is 4.99 Å². The van der Waals surface area contributed by atoms with E-state index in [9.17, 15) is 9.90 Å². The van der Waals surface area contributed by atoms with Gasteiger partial charge in [0.2, 0.25) is 5.56 Å². The number of nitrogens with one attached hydrogen (secondary N) is 2. The van der Waals surface area contributed by atoms with Gasteiger partial charge in [0, 0.05) is 31.9 Å². The molecule has 0 aliphatic carbocycles. The second kappa shape index (κ2) is 11.9. The Kier molecular flexibility index (Phi) is 10.3. The van der Waals surface area contributed by atoms with E-state index in [0.29, 0.717) is 18.3 Å². The SMILES string of the molecule is CCNC(=NCC(C)(O)c1ccc(C)o1)NCCCCn1ccccc1=O.I. The third kappa shape index (κ3) is 7.67. The lowest BCUT2D eigenvalue weighted by atomic mass is 10.0. The maximum absolute atomic E-state index is 11.7. The summed E-state index contributed by atoms with van der Waals surface area (Å²) in [5.74, 6) is 1.92. The van der Waals surface area contributed by atoms with E-state index in [-0.39, 0.29) is 36.1 Å². The zero-order chi connectivity index (χ0) is 19.7. The van der Waals surface area contributed by atoms with E-state index in [1.165, 1.54) is 0 Å². The molecular weight excluding hydrogens is 471 g/mol. The van der Waals surface area contributed by atoms with E-state index in [1.807, 2.05) is 26.0 Å². The van der Waals surface area contributed by atoms with Gasteiger partial charge in [0.1, 0.15) is 17.1 Å². The van der Waals surface area contributed by atoms with Crippen molar-refractivity contribution < 1.29 is 9.52 Å². The van der Waals surface area contributed by atoms with Gasteiger partial charge in [-0.1, -0.05) is 6.07 Å². The number of unbranched alkanes of at least 4 members (excludes halogenated alkanes) is 1. The molecule has 0 fully saturated rings. The molecule has 0 aliphatic heterocycles. The number of aromatic nitrogens is 1. The highest BCUT2D eigenvalue weighted by molar-refractivity contribution is 14.0. The highest BCUT2D eigenvalue weighted by Crippen LogP contribution is 2.22. The van der Waals surface area contributed by atoms with E-state index in [0.717, 1.165) is 31.7 Å². The lowest BCUT2D eigenvalue weighted by Crippen LogP contribution is -2.39. The molecule has 1 unspecified atom stereocenters. The molecule has 156 valence electrons. The van der Waals surface area contributed by atoms with Crippen molar-refractivity contribution in [3.63, 3.8) is 0 Å². The number of aliphatic imine (C=N–C) groups is 1. The van der Waals surface area contributed by atoms with Gasteiger partial charge in [-0.2, -0.15) is 0 Å². The summed E-state index contributed by atoms with van der Waals surface area (Å²) in [5.41, 5.74) is -1.14. The molecule has 0 saturated heterocycles. The third-order valence-corrected chi connectivity index (χ3v) is 4.18. The minimum Gasteiger partial charge on any atom is -0.463 e. The Morgan fingerprint density at radius 2 is 2.04 bits per heavy atom. The molecule has 0 aliphatic rings. The molecular formula is C20H31IN4O3. The first-order chi connectivity index (χ1) is 12.9. The minimum absolute atomic E-state index is 0. The molecule has 0 saturated carbocycles. The molecule has 0 aromatic carbocycles. The van der Waals surface area contributed by atoms with Crippen molar-refractivity contribution in [3.8, 4) is 0 Å². The number of halogens is 1. The lowest BCUT2D eigenvalue weighted by molar-refractivity contribution is 0.0428. The van der Waals surface area contributed by atoms with E-state index in [4.69, 9.17) is 4.42 Å². The smallest absolute Gasteiger partial charge is 0.250 e. The summed E-state index contributed by atoms with van der Waals surface area (Å²) in [6.07, 6.45) is 3.60. The van der Waals surface area contributed by atoms with Crippen LogP contribution in [-0.4, -0.2) is 35.3 Å². The van der Waals surface area contributed by atoms with Crippen LogP contribution in [-0.2, 0) is 12.1 Å². The van der Waals surface area contributed by atoms with Crippen molar-refractivity contribution in [2.75, 3.05) is 19.6 Å². The molecule has 8 heteroatoms. The molecule has 2 aromatic rings. The zero-order valence-corrected chi connectivity index (χ0v) is 19.1. The van der Waals surface area contributed by atoms with Crippen LogP contribution in [0.3, 0.4) is 0 Å². The van der Waals surface area contributed by atoms with E-state index in [1.54, 1.807) is 35.9 Å². The van der Waals surface area contributed by atoms with Crippen molar-refractivity contribution in [3.05, 3.63) is 58.4 Å². The van der Waals surface area contributed by atoms with Crippen molar-refractivity contribution in [2.45, 2.75) is 45.8 Å². The van der Waals surface area contributed by atoms with Crippen LogP contribution in [0.25, 0.3) is 0 Å². The summed E-state index contributed by atoms with van der Waals surface area (Å²) in [6, 6.07) is 8.78. The van der Waals surface area contributed by atoms with Gasteiger partial charge in [-0.05, 0) is 51.8 Å². The fraction of sp³-hybridized carbons (Fsp3) is 0.500. The quantitative estimate of drug-likeness (QED) is 0.212. The Morgan fingerprint density at radius 1 is 1.25 bits per heavy atom. The lowest BCUT2D eigenvalue weighted by Gasteiger charge is -2.19. The molecule has 3 N–H and O–H groups in total. The number of furan rings is 1. The van der Waals surface area contributed by atoms with Crippen molar-refractivity contribution in [1.82, 2.24) is 15.2 Å². The first-order valence-corrected chi connectivity index (χ1v) is 9.39. The standard InChI is InChI=1S/C20H30N4O3.HI/c1-4-21-19(23-15-20(3,26)17-11-10-16(2)27-17)22-12-6-8-14-24-13-7-5-9-18(24)25;/h5,7,9-11,13,26H,4,6,8,12,14-15H2,1-3H3,(H2,21,22,23);1H. The predicted molar refractivity (Wildman–Crippen MR) is 122 cm³/mol. The predicted octanol–water partition coefficient (Wildman–Crippen LogP) is 2.61. The Morgan fingerprint density at radius 3 is 2.68 bits per heavy atom. The normalized spacial score (nSPS) is 13.5. The minimum atomic E-state index is -1.16. The van der Waals surface area contributed by atoms with Crippen molar-refractivity contribution in [1.29, 1.82) is 0 Å². The molecule has 1 atom stereocenters. The molecule has 2 heterocycles. The average Bonchev–Trinajstić information content (AvgIpc) is 3.08. The average molecular weight is 502 g/mol. The first kappa shape index (κ1) is 24.2. The van der Waals surface area contributed by atoms with E-state index < -0.39 is 5.60 Å². The summed E-state index contributed by atoms with van der Waals surface area (Å²) < 4.78 is 7.23. The number of hydrogen-bond donors (Lipinski definition) is 3. The third-order valence-electron chi connectivity index (χ3n) is 4.18. The fourth-order valence-corrected chi connectivity index (χ4v) is 2.64. The molecule has 2 rings (SSSR count). The summed E-state index contributed by atoms with van der Waals surface area (Å²) in [4.78, 5) is 16.1. The summed E-state index contributed by atoms with van der Waals surface area (Å²) in [5, 5.41) is 17.0. The number of guanidine groups is 1. The van der Waals surface area contributed by atoms with Crippen LogP contribution in [0.1, 0.15) is 38.2 Å². The van der Waals surface area contributed by atoms with Crippen molar-refractivity contribution >= 4 is 29.9 Å². The zero-order valence-electron chi connectivity index (χ0n) is 16.8. The van der Waals surface area contributed by atoms with Crippen LogP contribution < -0.4 is 16.2 Å². The van der Waals surface area contributed by atoms with Crippen LogP contribution in [0, 0.1) is 6.92 Å². The molecule has 0 spiro atoms. The van der Waals surface area contributed by atoms with Gasteiger partial charge >= 0.3 is 0 Å². The molecule has 0 radical (unpaired) electrons. The summed E-state index contributed by atoms with van der Waals surface area (Å²) >= 11 is 0. The maximum atomic E-state index is 11.7. The van der Waals surface area contributed by atoms with E-state index >= 15 is 0 Å². The number of nitrogens with zero attached hydrogens (tertiary/aromatic N) is 2. The number of hydrogen-bond acceptors (Lipinski definition) is 4. The van der Waals surface area contributed by atoms with Gasteiger partial charge in [0.25, 0.3) is 0 Å². The number of pyridine rings is 1. The maximum Gasteiger partial charge on any atom is 0.250 e. The summed E-state index contributed by atoms with van der Waals surface area (Å²) in [6.45, 7) is 7.87. The summed E-state index contributed by atoms with van der Waals surface area (Å²) in [7, 11) is 0. The molecule has 0 bridgehead atoms. The number of aryl methyl sites for hydroxylation is 2.